The topological polar surface area (TPSA) is 84.3 Å². The van der Waals surface area contributed by atoms with E-state index in [1.807, 2.05) is 10.8 Å². The predicted octanol–water partition coefficient (Wildman–Crippen LogP) is 1.63. The Bertz CT molecular complexity index is 818. The summed E-state index contributed by atoms with van der Waals surface area (Å²) in [5.74, 6) is -0.0283. The van der Waals surface area contributed by atoms with Gasteiger partial charge in [-0.1, -0.05) is 6.07 Å². The molecule has 1 aromatic heterocycles. The first-order valence-corrected chi connectivity index (χ1v) is 10.0. The Hall–Kier alpha value is -2.35. The number of carbonyl (C=O) groups is 1. The molecule has 3 rings (SSSR count). The summed E-state index contributed by atoms with van der Waals surface area (Å²) in [6, 6.07) is 6.80. The second-order valence-electron chi connectivity index (χ2n) is 6.06. The van der Waals surface area contributed by atoms with Crippen molar-refractivity contribution in [1.82, 2.24) is 14.9 Å². The molecule has 0 unspecified atom stereocenters. The number of rotatable bonds is 6. The molecule has 0 aliphatic carbocycles. The zero-order valence-electron chi connectivity index (χ0n) is 14.0. The van der Waals surface area contributed by atoms with E-state index < -0.39 is 10.0 Å². The monoisotopic (exact) mass is 362 g/mol. The second-order valence-corrected chi connectivity index (χ2v) is 8.07. The van der Waals surface area contributed by atoms with Crippen LogP contribution in [-0.4, -0.2) is 42.7 Å². The zero-order chi connectivity index (χ0) is 17.7. The molecule has 1 N–H and O–H groups in total. The van der Waals surface area contributed by atoms with E-state index in [0.29, 0.717) is 30.8 Å². The normalized spacial score (nSPS) is 16.6. The molecule has 7 nitrogen and oxygen atoms in total. The van der Waals surface area contributed by atoms with Gasteiger partial charge in [-0.05, 0) is 37.5 Å². The molecule has 0 atom stereocenters. The van der Waals surface area contributed by atoms with Crippen molar-refractivity contribution in [1.29, 1.82) is 0 Å². The first-order chi connectivity index (χ1) is 12.1. The van der Waals surface area contributed by atoms with Gasteiger partial charge < -0.3 is 9.88 Å². The number of amides is 1. The SMILES string of the molecule is O=C(NCCCn1ccnc1)c1cccc(N2CCCCS2(=O)=O)c1. The standard InChI is InChI=1S/C17H22N4O3S/c22-17(19-7-4-9-20-11-8-18-14-20)15-5-3-6-16(13-15)21-10-1-2-12-25(21,23)24/h3,5-6,8,11,13-14H,1-2,4,7,9-10,12H2,(H,19,22). The third-order valence-electron chi connectivity index (χ3n) is 4.18. The fourth-order valence-electron chi connectivity index (χ4n) is 2.87. The van der Waals surface area contributed by atoms with Crippen molar-refractivity contribution in [2.24, 2.45) is 0 Å². The minimum absolute atomic E-state index is 0.164. The molecule has 0 saturated carbocycles. The van der Waals surface area contributed by atoms with Crippen molar-refractivity contribution < 1.29 is 13.2 Å². The zero-order valence-corrected chi connectivity index (χ0v) is 14.8. The Morgan fingerprint density at radius 3 is 2.92 bits per heavy atom. The van der Waals surface area contributed by atoms with Crippen LogP contribution in [0.15, 0.2) is 43.0 Å². The van der Waals surface area contributed by atoms with E-state index in [2.05, 4.69) is 10.3 Å². The van der Waals surface area contributed by atoms with Crippen molar-refractivity contribution in [2.45, 2.75) is 25.8 Å². The van der Waals surface area contributed by atoms with Gasteiger partial charge in [0.1, 0.15) is 0 Å². The minimum atomic E-state index is -3.27. The fraction of sp³-hybridized carbons (Fsp3) is 0.412. The Labute approximate surface area is 147 Å². The van der Waals surface area contributed by atoms with Crippen LogP contribution in [-0.2, 0) is 16.6 Å². The van der Waals surface area contributed by atoms with E-state index in [4.69, 9.17) is 0 Å². The predicted molar refractivity (Wildman–Crippen MR) is 96.0 cm³/mol. The number of hydrogen-bond donors (Lipinski definition) is 1. The van der Waals surface area contributed by atoms with Gasteiger partial charge in [-0.2, -0.15) is 0 Å². The summed E-state index contributed by atoms with van der Waals surface area (Å²) >= 11 is 0. The van der Waals surface area contributed by atoms with Gasteiger partial charge in [-0.3, -0.25) is 9.10 Å². The molecule has 25 heavy (non-hydrogen) atoms. The average Bonchev–Trinajstić information content (AvgIpc) is 3.12. The summed E-state index contributed by atoms with van der Waals surface area (Å²) in [7, 11) is -3.27. The third-order valence-corrected chi connectivity index (χ3v) is 6.05. The lowest BCUT2D eigenvalue weighted by atomic mass is 10.2. The van der Waals surface area contributed by atoms with Crippen molar-refractivity contribution in [3.8, 4) is 0 Å². The fourth-order valence-corrected chi connectivity index (χ4v) is 4.50. The molecule has 1 amide bonds. The maximum atomic E-state index is 12.3. The highest BCUT2D eigenvalue weighted by atomic mass is 32.2. The highest BCUT2D eigenvalue weighted by Gasteiger charge is 2.26. The van der Waals surface area contributed by atoms with E-state index in [0.717, 1.165) is 19.4 Å². The number of sulfonamides is 1. The van der Waals surface area contributed by atoms with Crippen LogP contribution in [0, 0.1) is 0 Å². The molecular formula is C17H22N4O3S. The van der Waals surface area contributed by atoms with Crippen LogP contribution >= 0.6 is 0 Å². The van der Waals surface area contributed by atoms with Crippen LogP contribution in [0.5, 0.6) is 0 Å². The maximum absolute atomic E-state index is 12.3. The number of benzene rings is 1. The largest absolute Gasteiger partial charge is 0.352 e. The van der Waals surface area contributed by atoms with Gasteiger partial charge in [-0.25, -0.2) is 13.4 Å². The molecular weight excluding hydrogens is 340 g/mol. The summed E-state index contributed by atoms with van der Waals surface area (Å²) in [4.78, 5) is 16.3. The highest BCUT2D eigenvalue weighted by Crippen LogP contribution is 2.24. The van der Waals surface area contributed by atoms with Gasteiger partial charge in [-0.15, -0.1) is 0 Å². The molecule has 2 heterocycles. The Kier molecular flexibility index (Phi) is 5.37. The van der Waals surface area contributed by atoms with Gasteiger partial charge in [0.25, 0.3) is 5.91 Å². The maximum Gasteiger partial charge on any atom is 0.251 e. The number of aromatic nitrogens is 2. The van der Waals surface area contributed by atoms with Crippen LogP contribution in [0.4, 0.5) is 5.69 Å². The number of nitrogens with one attached hydrogen (secondary N) is 1. The number of aryl methyl sites for hydroxylation is 1. The van der Waals surface area contributed by atoms with E-state index in [1.165, 1.54) is 4.31 Å². The lowest BCUT2D eigenvalue weighted by Crippen LogP contribution is -2.38. The number of nitrogens with zero attached hydrogens (tertiary/aromatic N) is 3. The number of imidazole rings is 1. The Balaban J connectivity index is 1.59. The second kappa shape index (κ2) is 7.69. The Morgan fingerprint density at radius 2 is 2.16 bits per heavy atom. The summed E-state index contributed by atoms with van der Waals surface area (Å²) in [5, 5.41) is 2.87. The summed E-state index contributed by atoms with van der Waals surface area (Å²) in [5.41, 5.74) is 1.03. The molecule has 1 aromatic carbocycles. The summed E-state index contributed by atoms with van der Waals surface area (Å²) in [6.45, 7) is 1.80. The van der Waals surface area contributed by atoms with Gasteiger partial charge in [0.05, 0.1) is 17.8 Å². The minimum Gasteiger partial charge on any atom is -0.352 e. The average molecular weight is 362 g/mol. The molecule has 0 bridgehead atoms. The number of anilines is 1. The highest BCUT2D eigenvalue weighted by molar-refractivity contribution is 7.92. The molecule has 1 aliphatic heterocycles. The first kappa shape index (κ1) is 17.5. The molecule has 8 heteroatoms. The lowest BCUT2D eigenvalue weighted by molar-refractivity contribution is 0.0952. The quantitative estimate of drug-likeness (QED) is 0.792. The molecule has 2 aromatic rings. The van der Waals surface area contributed by atoms with Crippen LogP contribution in [0.25, 0.3) is 0 Å². The number of carbonyl (C=O) groups excluding carboxylic acids is 1. The molecule has 0 spiro atoms. The third kappa shape index (κ3) is 4.39. The van der Waals surface area contributed by atoms with Gasteiger partial charge in [0.2, 0.25) is 10.0 Å². The van der Waals surface area contributed by atoms with Crippen LogP contribution in [0.1, 0.15) is 29.6 Å². The van der Waals surface area contributed by atoms with E-state index in [9.17, 15) is 13.2 Å². The van der Waals surface area contributed by atoms with Gasteiger partial charge in [0, 0.05) is 37.6 Å². The molecule has 134 valence electrons. The summed E-state index contributed by atoms with van der Waals surface area (Å²) in [6.07, 6.45) is 7.66. The van der Waals surface area contributed by atoms with E-state index >= 15 is 0 Å². The van der Waals surface area contributed by atoms with Gasteiger partial charge in [0.15, 0.2) is 0 Å². The van der Waals surface area contributed by atoms with Crippen molar-refractivity contribution in [2.75, 3.05) is 23.1 Å². The van der Waals surface area contributed by atoms with Crippen molar-refractivity contribution in [3.05, 3.63) is 48.5 Å². The van der Waals surface area contributed by atoms with Gasteiger partial charge >= 0.3 is 0 Å². The smallest absolute Gasteiger partial charge is 0.251 e. The van der Waals surface area contributed by atoms with E-state index in [-0.39, 0.29) is 11.7 Å². The first-order valence-electron chi connectivity index (χ1n) is 8.41. The summed E-state index contributed by atoms with van der Waals surface area (Å²) < 4.78 is 27.8. The van der Waals surface area contributed by atoms with Crippen molar-refractivity contribution >= 4 is 21.6 Å². The molecule has 1 fully saturated rings. The van der Waals surface area contributed by atoms with E-state index in [1.54, 1.807) is 36.8 Å². The number of hydrogen-bond acceptors (Lipinski definition) is 4. The van der Waals surface area contributed by atoms with Crippen LogP contribution in [0.2, 0.25) is 0 Å². The lowest BCUT2D eigenvalue weighted by Gasteiger charge is -2.28. The van der Waals surface area contributed by atoms with Crippen LogP contribution in [0.3, 0.4) is 0 Å². The Morgan fingerprint density at radius 1 is 1.28 bits per heavy atom. The molecule has 1 aliphatic rings. The molecule has 1 saturated heterocycles. The van der Waals surface area contributed by atoms with Crippen LogP contribution < -0.4 is 9.62 Å². The molecule has 0 radical (unpaired) electrons. The van der Waals surface area contributed by atoms with Crippen molar-refractivity contribution in [3.63, 3.8) is 0 Å².